The lowest BCUT2D eigenvalue weighted by Gasteiger charge is -2.25. The molecule has 0 saturated carbocycles. The first-order chi connectivity index (χ1) is 12.9. The number of hydrogen-bond donors (Lipinski definition) is 1. The van der Waals surface area contributed by atoms with Crippen molar-refractivity contribution in [3.63, 3.8) is 0 Å². The Morgan fingerprint density at radius 1 is 1.07 bits per heavy atom. The molecule has 0 saturated heterocycles. The summed E-state index contributed by atoms with van der Waals surface area (Å²) in [6.07, 6.45) is 0. The van der Waals surface area contributed by atoms with Crippen LogP contribution in [0.1, 0.15) is 36.6 Å². The van der Waals surface area contributed by atoms with Crippen LogP contribution in [0.5, 0.6) is 17.2 Å². The SMILES string of the molecule is Cc1ccc(C)c(OCC(=O)N[C@H](c2ccc3c(c2)OCCO3)C(C)C)c1. The minimum Gasteiger partial charge on any atom is -0.486 e. The van der Waals surface area contributed by atoms with E-state index in [1.54, 1.807) is 0 Å². The summed E-state index contributed by atoms with van der Waals surface area (Å²) in [7, 11) is 0. The van der Waals surface area contributed by atoms with Crippen LogP contribution in [0.15, 0.2) is 36.4 Å². The smallest absolute Gasteiger partial charge is 0.258 e. The summed E-state index contributed by atoms with van der Waals surface area (Å²) in [5, 5.41) is 3.08. The normalized spacial score (nSPS) is 14.0. The number of rotatable bonds is 6. The topological polar surface area (TPSA) is 56.8 Å². The Morgan fingerprint density at radius 2 is 1.81 bits per heavy atom. The van der Waals surface area contributed by atoms with Crippen LogP contribution >= 0.6 is 0 Å². The van der Waals surface area contributed by atoms with E-state index in [-0.39, 0.29) is 24.5 Å². The molecule has 0 radical (unpaired) electrons. The van der Waals surface area contributed by atoms with Crippen molar-refractivity contribution in [2.45, 2.75) is 33.7 Å². The quantitative estimate of drug-likeness (QED) is 0.837. The summed E-state index contributed by atoms with van der Waals surface area (Å²) in [5.41, 5.74) is 3.11. The first kappa shape index (κ1) is 19.1. The molecule has 1 heterocycles. The van der Waals surface area contributed by atoms with Crippen molar-refractivity contribution in [1.29, 1.82) is 0 Å². The van der Waals surface area contributed by atoms with Crippen molar-refractivity contribution in [2.24, 2.45) is 5.92 Å². The summed E-state index contributed by atoms with van der Waals surface area (Å²) in [5.74, 6) is 2.29. The molecule has 1 aliphatic rings. The van der Waals surface area contributed by atoms with Crippen LogP contribution in [0.25, 0.3) is 0 Å². The fourth-order valence-corrected chi connectivity index (χ4v) is 3.11. The Balaban J connectivity index is 1.67. The molecular formula is C22H27NO4. The van der Waals surface area contributed by atoms with E-state index < -0.39 is 0 Å². The van der Waals surface area contributed by atoms with Crippen molar-refractivity contribution in [3.05, 3.63) is 53.1 Å². The van der Waals surface area contributed by atoms with E-state index >= 15 is 0 Å². The highest BCUT2D eigenvalue weighted by Gasteiger charge is 2.21. The van der Waals surface area contributed by atoms with E-state index in [1.165, 1.54) is 0 Å². The Hall–Kier alpha value is -2.69. The van der Waals surface area contributed by atoms with Gasteiger partial charge < -0.3 is 19.5 Å². The summed E-state index contributed by atoms with van der Waals surface area (Å²) in [4.78, 5) is 12.5. The van der Waals surface area contributed by atoms with Gasteiger partial charge in [-0.15, -0.1) is 0 Å². The maximum absolute atomic E-state index is 12.5. The molecule has 0 fully saturated rings. The maximum Gasteiger partial charge on any atom is 0.258 e. The van der Waals surface area contributed by atoms with E-state index in [1.807, 2.05) is 50.2 Å². The first-order valence-corrected chi connectivity index (χ1v) is 9.33. The van der Waals surface area contributed by atoms with Gasteiger partial charge in [-0.3, -0.25) is 4.79 Å². The van der Waals surface area contributed by atoms with Crippen molar-refractivity contribution in [1.82, 2.24) is 5.32 Å². The zero-order valence-electron chi connectivity index (χ0n) is 16.4. The molecule has 5 nitrogen and oxygen atoms in total. The molecule has 1 aliphatic heterocycles. The van der Waals surface area contributed by atoms with Gasteiger partial charge in [-0.1, -0.05) is 32.0 Å². The number of carbonyl (C=O) groups excluding carboxylic acids is 1. The van der Waals surface area contributed by atoms with E-state index in [9.17, 15) is 4.79 Å². The van der Waals surface area contributed by atoms with Crippen LogP contribution in [0, 0.1) is 19.8 Å². The van der Waals surface area contributed by atoms with Crippen LogP contribution < -0.4 is 19.5 Å². The lowest BCUT2D eigenvalue weighted by Crippen LogP contribution is -2.35. The zero-order valence-corrected chi connectivity index (χ0v) is 16.4. The van der Waals surface area contributed by atoms with Gasteiger partial charge in [0, 0.05) is 0 Å². The van der Waals surface area contributed by atoms with Gasteiger partial charge in [-0.05, 0) is 54.7 Å². The minimum absolute atomic E-state index is 0.0158. The molecule has 0 unspecified atom stereocenters. The van der Waals surface area contributed by atoms with Gasteiger partial charge in [0.05, 0.1) is 6.04 Å². The number of nitrogens with one attached hydrogen (secondary N) is 1. The molecule has 27 heavy (non-hydrogen) atoms. The van der Waals surface area contributed by atoms with Gasteiger partial charge in [0.2, 0.25) is 0 Å². The molecule has 1 amide bonds. The Labute approximate surface area is 160 Å². The third-order valence-corrected chi connectivity index (χ3v) is 4.61. The lowest BCUT2D eigenvalue weighted by atomic mass is 9.95. The lowest BCUT2D eigenvalue weighted by molar-refractivity contribution is -0.124. The number of fused-ring (bicyclic) bond motifs is 1. The molecule has 0 aliphatic carbocycles. The van der Waals surface area contributed by atoms with Crippen LogP contribution in [-0.2, 0) is 4.79 Å². The molecule has 5 heteroatoms. The van der Waals surface area contributed by atoms with Crippen LogP contribution in [0.3, 0.4) is 0 Å². The van der Waals surface area contributed by atoms with Gasteiger partial charge >= 0.3 is 0 Å². The molecule has 0 aromatic heterocycles. The second-order valence-corrected chi connectivity index (χ2v) is 7.25. The van der Waals surface area contributed by atoms with Gasteiger partial charge in [-0.2, -0.15) is 0 Å². The monoisotopic (exact) mass is 369 g/mol. The molecule has 0 bridgehead atoms. The third kappa shape index (κ3) is 4.73. The number of hydrogen-bond acceptors (Lipinski definition) is 4. The summed E-state index contributed by atoms with van der Waals surface area (Å²) >= 11 is 0. The zero-order chi connectivity index (χ0) is 19.4. The minimum atomic E-state index is -0.149. The van der Waals surface area contributed by atoms with E-state index in [4.69, 9.17) is 14.2 Å². The van der Waals surface area contributed by atoms with Crippen molar-refractivity contribution in [2.75, 3.05) is 19.8 Å². The van der Waals surface area contributed by atoms with Gasteiger partial charge in [0.15, 0.2) is 18.1 Å². The second-order valence-electron chi connectivity index (χ2n) is 7.25. The second kappa shape index (κ2) is 8.33. The molecule has 3 rings (SSSR count). The Kier molecular flexibility index (Phi) is 5.89. The van der Waals surface area contributed by atoms with Gasteiger partial charge in [0.1, 0.15) is 19.0 Å². The highest BCUT2D eigenvalue weighted by molar-refractivity contribution is 5.78. The molecular weight excluding hydrogens is 342 g/mol. The Bertz CT molecular complexity index is 816. The van der Waals surface area contributed by atoms with E-state index in [0.29, 0.717) is 13.2 Å². The summed E-state index contributed by atoms with van der Waals surface area (Å²) < 4.78 is 17.0. The molecule has 2 aromatic rings. The average Bonchev–Trinajstić information content (AvgIpc) is 2.66. The standard InChI is InChI=1S/C22H27NO4/c1-14(2)22(17-7-8-18-20(12-17)26-10-9-25-18)23-21(24)13-27-19-11-15(3)5-6-16(19)4/h5-8,11-12,14,22H,9-10,13H2,1-4H3,(H,23,24)/t22-/m0/s1. The van der Waals surface area contributed by atoms with Crippen molar-refractivity contribution < 1.29 is 19.0 Å². The Morgan fingerprint density at radius 3 is 2.56 bits per heavy atom. The highest BCUT2D eigenvalue weighted by atomic mass is 16.6. The average molecular weight is 369 g/mol. The molecule has 1 N–H and O–H groups in total. The van der Waals surface area contributed by atoms with E-state index in [0.717, 1.165) is 33.9 Å². The van der Waals surface area contributed by atoms with Crippen LogP contribution in [-0.4, -0.2) is 25.7 Å². The number of ether oxygens (including phenoxy) is 3. The maximum atomic E-state index is 12.5. The van der Waals surface area contributed by atoms with Crippen molar-refractivity contribution in [3.8, 4) is 17.2 Å². The predicted molar refractivity (Wildman–Crippen MR) is 105 cm³/mol. The molecule has 0 spiro atoms. The van der Waals surface area contributed by atoms with E-state index in [2.05, 4.69) is 19.2 Å². The summed E-state index contributed by atoms with van der Waals surface area (Å²) in [6.45, 7) is 9.21. The number of aryl methyl sites for hydroxylation is 2. The van der Waals surface area contributed by atoms with Gasteiger partial charge in [-0.25, -0.2) is 0 Å². The third-order valence-electron chi connectivity index (χ3n) is 4.61. The fourth-order valence-electron chi connectivity index (χ4n) is 3.11. The van der Waals surface area contributed by atoms with Gasteiger partial charge in [0.25, 0.3) is 5.91 Å². The van der Waals surface area contributed by atoms with Crippen LogP contribution in [0.4, 0.5) is 0 Å². The largest absolute Gasteiger partial charge is 0.486 e. The predicted octanol–water partition coefficient (Wildman–Crippen LogP) is 3.97. The molecule has 144 valence electrons. The number of amides is 1. The molecule has 2 aromatic carbocycles. The van der Waals surface area contributed by atoms with Crippen LogP contribution in [0.2, 0.25) is 0 Å². The highest BCUT2D eigenvalue weighted by Crippen LogP contribution is 2.34. The molecule has 1 atom stereocenters. The number of carbonyl (C=O) groups is 1. The fraction of sp³-hybridized carbons (Fsp3) is 0.409. The first-order valence-electron chi connectivity index (χ1n) is 9.33. The van der Waals surface area contributed by atoms with Crippen molar-refractivity contribution >= 4 is 5.91 Å². The summed E-state index contributed by atoms with van der Waals surface area (Å²) in [6, 6.07) is 11.7. The number of benzene rings is 2.